The summed E-state index contributed by atoms with van der Waals surface area (Å²) in [7, 11) is 0. The largest absolute Gasteiger partial charge is 0.465 e. The van der Waals surface area contributed by atoms with Crippen LogP contribution in [-0.4, -0.2) is 36.3 Å². The Hall–Kier alpha value is -2.46. The molecule has 26 heavy (non-hydrogen) atoms. The number of nitrogens with zero attached hydrogens (tertiary/aromatic N) is 1. The van der Waals surface area contributed by atoms with E-state index in [1.54, 1.807) is 6.92 Å². The number of Topliss-reactive ketones (excluding diaryl/α,β-unsaturated/α-hetero) is 1. The van der Waals surface area contributed by atoms with Crippen LogP contribution in [0.3, 0.4) is 0 Å². The zero-order valence-corrected chi connectivity index (χ0v) is 15.0. The number of fused-ring (bicyclic) bond motifs is 4. The predicted molar refractivity (Wildman–Crippen MR) is 98.7 cm³/mol. The summed E-state index contributed by atoms with van der Waals surface area (Å²) in [6.07, 6.45) is 0.433. The number of ether oxygens (including phenoxy) is 1. The molecule has 2 aliphatic rings. The summed E-state index contributed by atoms with van der Waals surface area (Å²) >= 11 is 0. The lowest BCUT2D eigenvalue weighted by Gasteiger charge is -2.47. The first-order chi connectivity index (χ1) is 12.6. The second-order valence-electron chi connectivity index (χ2n) is 7.25. The molecule has 2 aromatic rings. The van der Waals surface area contributed by atoms with Crippen molar-refractivity contribution in [2.75, 3.05) is 19.7 Å². The Morgan fingerprint density at radius 3 is 2.65 bits per heavy atom. The van der Waals surface area contributed by atoms with Gasteiger partial charge in [0, 0.05) is 19.6 Å². The van der Waals surface area contributed by atoms with E-state index < -0.39 is 5.41 Å². The van der Waals surface area contributed by atoms with Gasteiger partial charge in [-0.2, -0.15) is 0 Å². The summed E-state index contributed by atoms with van der Waals surface area (Å²) in [5, 5.41) is 0. The minimum atomic E-state index is -1.08. The van der Waals surface area contributed by atoms with Crippen molar-refractivity contribution in [2.24, 2.45) is 5.41 Å². The van der Waals surface area contributed by atoms with Gasteiger partial charge in [-0.15, -0.1) is 0 Å². The van der Waals surface area contributed by atoms with Crippen LogP contribution in [0.4, 0.5) is 0 Å². The molecule has 2 aromatic carbocycles. The number of hydrogen-bond acceptors (Lipinski definition) is 4. The lowest BCUT2D eigenvalue weighted by Crippen LogP contribution is -2.60. The summed E-state index contributed by atoms with van der Waals surface area (Å²) in [6.45, 7) is 3.88. The van der Waals surface area contributed by atoms with E-state index in [0.717, 1.165) is 17.7 Å². The van der Waals surface area contributed by atoms with E-state index in [1.165, 1.54) is 5.56 Å². The van der Waals surface area contributed by atoms with Crippen LogP contribution >= 0.6 is 0 Å². The number of hydrogen-bond donors (Lipinski definition) is 0. The van der Waals surface area contributed by atoms with Crippen LogP contribution in [0.15, 0.2) is 54.6 Å². The topological polar surface area (TPSA) is 46.6 Å². The number of likely N-dealkylation sites (tertiary alicyclic amines) is 1. The molecule has 1 saturated heterocycles. The number of rotatable bonds is 4. The van der Waals surface area contributed by atoms with Gasteiger partial charge in [-0.05, 0) is 30.0 Å². The highest BCUT2D eigenvalue weighted by molar-refractivity contribution is 6.09. The van der Waals surface area contributed by atoms with Crippen molar-refractivity contribution in [3.05, 3.63) is 71.3 Å². The summed E-state index contributed by atoms with van der Waals surface area (Å²) in [4.78, 5) is 28.4. The van der Waals surface area contributed by atoms with Crippen LogP contribution in [0, 0.1) is 5.41 Å². The van der Waals surface area contributed by atoms with Gasteiger partial charge in [-0.25, -0.2) is 0 Å². The highest BCUT2D eigenvalue weighted by Crippen LogP contribution is 2.45. The Morgan fingerprint density at radius 1 is 1.15 bits per heavy atom. The van der Waals surface area contributed by atoms with Crippen LogP contribution in [0.1, 0.15) is 29.5 Å². The number of esters is 1. The van der Waals surface area contributed by atoms with Crippen LogP contribution in [0.25, 0.3) is 0 Å². The Morgan fingerprint density at radius 2 is 1.88 bits per heavy atom. The molecule has 0 saturated carbocycles. The molecule has 2 bridgehead atoms. The summed E-state index contributed by atoms with van der Waals surface area (Å²) in [6, 6.07) is 18.2. The predicted octanol–water partition coefficient (Wildman–Crippen LogP) is 2.96. The van der Waals surface area contributed by atoms with Crippen LogP contribution in [0.2, 0.25) is 0 Å². The van der Waals surface area contributed by atoms with Gasteiger partial charge in [-0.1, -0.05) is 54.6 Å². The van der Waals surface area contributed by atoms with Crippen molar-refractivity contribution in [3.63, 3.8) is 0 Å². The first kappa shape index (κ1) is 17.0. The van der Waals surface area contributed by atoms with Gasteiger partial charge in [0.25, 0.3) is 0 Å². The van der Waals surface area contributed by atoms with Crippen molar-refractivity contribution in [3.8, 4) is 0 Å². The van der Waals surface area contributed by atoms with Crippen LogP contribution in [0.5, 0.6) is 0 Å². The third kappa shape index (κ3) is 2.74. The van der Waals surface area contributed by atoms with E-state index in [9.17, 15) is 9.59 Å². The lowest BCUT2D eigenvalue weighted by atomic mass is 9.63. The lowest BCUT2D eigenvalue weighted by molar-refractivity contribution is -0.166. The molecule has 4 rings (SSSR count). The van der Waals surface area contributed by atoms with Crippen molar-refractivity contribution in [1.82, 2.24) is 4.90 Å². The van der Waals surface area contributed by atoms with Crippen molar-refractivity contribution in [1.29, 1.82) is 0 Å². The fraction of sp³-hybridized carbons (Fsp3) is 0.364. The van der Waals surface area contributed by atoms with Gasteiger partial charge < -0.3 is 4.74 Å². The second-order valence-corrected chi connectivity index (χ2v) is 7.25. The minimum absolute atomic E-state index is 0.0268. The average Bonchev–Trinajstić information content (AvgIpc) is 2.64. The van der Waals surface area contributed by atoms with Gasteiger partial charge in [0.1, 0.15) is 5.41 Å². The molecular formula is C22H23NO3. The van der Waals surface area contributed by atoms with Gasteiger partial charge in [0.15, 0.2) is 5.78 Å². The maximum absolute atomic E-state index is 13.3. The first-order valence-electron chi connectivity index (χ1n) is 9.19. The van der Waals surface area contributed by atoms with Crippen molar-refractivity contribution < 1.29 is 14.3 Å². The van der Waals surface area contributed by atoms with Crippen molar-refractivity contribution >= 4 is 11.8 Å². The zero-order chi connectivity index (χ0) is 18.1. The standard InChI is InChI=1S/C22H23NO3/c1-2-26-21(25)22-12-17-10-6-7-11-18(17)19(20(22)24)14-23(15-22)13-16-8-4-3-5-9-16/h3-11,19H,2,12-15H2,1H3. The fourth-order valence-corrected chi connectivity index (χ4v) is 4.41. The number of carbonyl (C=O) groups excluding carboxylic acids is 2. The van der Waals surface area contributed by atoms with Crippen LogP contribution < -0.4 is 0 Å². The monoisotopic (exact) mass is 349 g/mol. The second kappa shape index (κ2) is 6.69. The minimum Gasteiger partial charge on any atom is -0.465 e. The third-order valence-electron chi connectivity index (χ3n) is 5.56. The molecular weight excluding hydrogens is 326 g/mol. The van der Waals surface area contributed by atoms with E-state index >= 15 is 0 Å². The van der Waals surface area contributed by atoms with Gasteiger partial charge in [0.2, 0.25) is 0 Å². The molecule has 4 heteroatoms. The molecule has 4 nitrogen and oxygen atoms in total. The Labute approximate surface area is 153 Å². The number of benzene rings is 2. The highest BCUT2D eigenvalue weighted by Gasteiger charge is 2.57. The Bertz CT molecular complexity index is 832. The molecule has 1 aliphatic heterocycles. The normalized spacial score (nSPS) is 24.8. The van der Waals surface area contributed by atoms with E-state index in [-0.39, 0.29) is 17.7 Å². The van der Waals surface area contributed by atoms with Gasteiger partial charge >= 0.3 is 5.97 Å². The van der Waals surface area contributed by atoms with E-state index in [4.69, 9.17) is 4.74 Å². The zero-order valence-electron chi connectivity index (χ0n) is 15.0. The maximum atomic E-state index is 13.3. The molecule has 0 N–H and O–H groups in total. The number of carbonyl (C=O) groups is 2. The molecule has 134 valence electrons. The number of piperidine rings is 1. The van der Waals surface area contributed by atoms with E-state index in [1.807, 2.05) is 42.5 Å². The van der Waals surface area contributed by atoms with Gasteiger partial charge in [-0.3, -0.25) is 14.5 Å². The molecule has 2 atom stereocenters. The van der Waals surface area contributed by atoms with Crippen LogP contribution in [-0.2, 0) is 27.3 Å². The fourth-order valence-electron chi connectivity index (χ4n) is 4.41. The number of ketones is 1. The molecule has 1 heterocycles. The third-order valence-corrected chi connectivity index (χ3v) is 5.56. The first-order valence-corrected chi connectivity index (χ1v) is 9.19. The molecule has 0 amide bonds. The molecule has 0 radical (unpaired) electrons. The van der Waals surface area contributed by atoms with E-state index in [0.29, 0.717) is 26.1 Å². The molecule has 0 aromatic heterocycles. The molecule has 1 fully saturated rings. The smallest absolute Gasteiger partial charge is 0.321 e. The van der Waals surface area contributed by atoms with Gasteiger partial charge in [0.05, 0.1) is 12.5 Å². The maximum Gasteiger partial charge on any atom is 0.321 e. The SMILES string of the molecule is CCOC(=O)C12Cc3ccccc3C(CN(Cc3ccccc3)C1)C2=O. The average molecular weight is 349 g/mol. The molecule has 0 spiro atoms. The Kier molecular flexibility index (Phi) is 4.37. The molecule has 1 aliphatic carbocycles. The highest BCUT2D eigenvalue weighted by atomic mass is 16.5. The quantitative estimate of drug-likeness (QED) is 0.629. The van der Waals surface area contributed by atoms with E-state index in [2.05, 4.69) is 17.0 Å². The molecule has 2 unspecified atom stereocenters. The summed E-state index contributed by atoms with van der Waals surface area (Å²) < 4.78 is 5.36. The van der Waals surface area contributed by atoms with Crippen molar-refractivity contribution in [2.45, 2.75) is 25.8 Å². The summed E-state index contributed by atoms with van der Waals surface area (Å²) in [5.41, 5.74) is 2.27. The summed E-state index contributed by atoms with van der Waals surface area (Å²) in [5.74, 6) is -0.608. The Balaban J connectivity index is 1.72.